The molecule has 0 amide bonds. The third kappa shape index (κ3) is 7.97. The SMILES string of the molecule is CCNC(=NCC(O)c1ccccc1F)NCC(C)Oc1cccc(F)c1.I. The van der Waals surface area contributed by atoms with Gasteiger partial charge in [-0.05, 0) is 32.0 Å². The largest absolute Gasteiger partial charge is 0.489 e. The first-order valence-electron chi connectivity index (χ1n) is 8.86. The third-order valence-electron chi connectivity index (χ3n) is 3.72. The van der Waals surface area contributed by atoms with Crippen LogP contribution >= 0.6 is 24.0 Å². The molecule has 5 nitrogen and oxygen atoms in total. The van der Waals surface area contributed by atoms with Crippen LogP contribution < -0.4 is 15.4 Å². The van der Waals surface area contributed by atoms with Gasteiger partial charge in [-0.3, -0.25) is 4.99 Å². The Morgan fingerprint density at radius 2 is 1.89 bits per heavy atom. The molecule has 0 bridgehead atoms. The van der Waals surface area contributed by atoms with E-state index in [1.165, 1.54) is 24.3 Å². The first-order chi connectivity index (χ1) is 13.0. The minimum absolute atomic E-state index is 0. The van der Waals surface area contributed by atoms with Crippen molar-refractivity contribution in [2.24, 2.45) is 4.99 Å². The van der Waals surface area contributed by atoms with Crippen molar-refractivity contribution in [3.05, 3.63) is 65.7 Å². The van der Waals surface area contributed by atoms with Crippen LogP contribution in [0.25, 0.3) is 0 Å². The van der Waals surface area contributed by atoms with Gasteiger partial charge in [-0.25, -0.2) is 8.78 Å². The molecule has 0 aromatic heterocycles. The van der Waals surface area contributed by atoms with E-state index >= 15 is 0 Å². The highest BCUT2D eigenvalue weighted by Gasteiger charge is 2.12. The Bertz CT molecular complexity index is 762. The number of hydrogen-bond donors (Lipinski definition) is 3. The van der Waals surface area contributed by atoms with Gasteiger partial charge in [0.1, 0.15) is 29.6 Å². The number of aliphatic hydroxyl groups is 1. The van der Waals surface area contributed by atoms with Crippen LogP contribution in [0.5, 0.6) is 5.75 Å². The summed E-state index contributed by atoms with van der Waals surface area (Å²) in [5.74, 6) is 0.101. The molecule has 2 aromatic carbocycles. The molecule has 3 N–H and O–H groups in total. The molecular formula is C20H26F2IN3O2. The monoisotopic (exact) mass is 505 g/mol. The van der Waals surface area contributed by atoms with Gasteiger partial charge in [0.25, 0.3) is 0 Å². The van der Waals surface area contributed by atoms with Gasteiger partial charge in [0.2, 0.25) is 0 Å². The van der Waals surface area contributed by atoms with Crippen molar-refractivity contribution in [1.82, 2.24) is 10.6 Å². The Morgan fingerprint density at radius 1 is 1.14 bits per heavy atom. The molecular weight excluding hydrogens is 479 g/mol. The molecule has 0 radical (unpaired) electrons. The molecule has 0 spiro atoms. The molecule has 0 saturated carbocycles. The van der Waals surface area contributed by atoms with Gasteiger partial charge in [-0.1, -0.05) is 24.3 Å². The average molecular weight is 505 g/mol. The van der Waals surface area contributed by atoms with Crippen molar-refractivity contribution in [2.75, 3.05) is 19.6 Å². The molecule has 154 valence electrons. The van der Waals surface area contributed by atoms with Gasteiger partial charge in [-0.15, -0.1) is 24.0 Å². The Labute approximate surface area is 181 Å². The number of hydrogen-bond acceptors (Lipinski definition) is 3. The summed E-state index contributed by atoms with van der Waals surface area (Å²) in [6.45, 7) is 4.81. The van der Waals surface area contributed by atoms with E-state index in [0.29, 0.717) is 24.8 Å². The summed E-state index contributed by atoms with van der Waals surface area (Å²) < 4.78 is 32.6. The maximum atomic E-state index is 13.7. The number of nitrogens with zero attached hydrogens (tertiary/aromatic N) is 1. The second kappa shape index (κ2) is 12.5. The van der Waals surface area contributed by atoms with E-state index in [1.807, 2.05) is 13.8 Å². The van der Waals surface area contributed by atoms with Crippen molar-refractivity contribution in [3.8, 4) is 5.75 Å². The number of nitrogens with one attached hydrogen (secondary N) is 2. The van der Waals surface area contributed by atoms with Crippen LogP contribution in [0.1, 0.15) is 25.5 Å². The predicted octanol–water partition coefficient (Wildman–Crippen LogP) is 3.64. The van der Waals surface area contributed by atoms with Crippen molar-refractivity contribution < 1.29 is 18.6 Å². The first-order valence-corrected chi connectivity index (χ1v) is 8.86. The summed E-state index contributed by atoms with van der Waals surface area (Å²) in [6.07, 6.45) is -1.28. The van der Waals surface area contributed by atoms with Crippen molar-refractivity contribution in [2.45, 2.75) is 26.1 Å². The summed E-state index contributed by atoms with van der Waals surface area (Å²) in [5.41, 5.74) is 0.208. The standard InChI is InChI=1S/C20H25F2N3O2.HI/c1-3-23-20(25-13-19(26)17-9-4-5-10-18(17)22)24-12-14(2)27-16-8-6-7-15(21)11-16;/h4-11,14,19,26H,3,12-13H2,1-2H3,(H2,23,24,25);1H. The van der Waals surface area contributed by atoms with Crippen molar-refractivity contribution in [3.63, 3.8) is 0 Å². The summed E-state index contributed by atoms with van der Waals surface area (Å²) in [4.78, 5) is 4.29. The van der Waals surface area contributed by atoms with Gasteiger partial charge >= 0.3 is 0 Å². The Balaban J connectivity index is 0.00000392. The highest BCUT2D eigenvalue weighted by atomic mass is 127. The number of guanidine groups is 1. The van der Waals surface area contributed by atoms with E-state index < -0.39 is 11.9 Å². The summed E-state index contributed by atoms with van der Waals surface area (Å²) in [7, 11) is 0. The smallest absolute Gasteiger partial charge is 0.191 e. The number of rotatable bonds is 8. The van der Waals surface area contributed by atoms with E-state index in [2.05, 4.69) is 15.6 Å². The fraction of sp³-hybridized carbons (Fsp3) is 0.350. The van der Waals surface area contributed by atoms with E-state index in [9.17, 15) is 13.9 Å². The quantitative estimate of drug-likeness (QED) is 0.291. The van der Waals surface area contributed by atoms with E-state index in [1.54, 1.807) is 24.3 Å². The second-order valence-corrected chi connectivity index (χ2v) is 6.02. The molecule has 2 rings (SSSR count). The lowest BCUT2D eigenvalue weighted by molar-refractivity contribution is 0.182. The van der Waals surface area contributed by atoms with Gasteiger partial charge < -0.3 is 20.5 Å². The third-order valence-corrected chi connectivity index (χ3v) is 3.72. The lowest BCUT2D eigenvalue weighted by atomic mass is 10.1. The Hall–Kier alpha value is -1.94. The lowest BCUT2D eigenvalue weighted by Gasteiger charge is -2.18. The van der Waals surface area contributed by atoms with Gasteiger partial charge in [0.15, 0.2) is 5.96 Å². The molecule has 0 aliphatic carbocycles. The maximum absolute atomic E-state index is 13.7. The minimum atomic E-state index is -1.04. The average Bonchev–Trinajstić information content (AvgIpc) is 2.64. The van der Waals surface area contributed by atoms with Gasteiger partial charge in [0.05, 0.1) is 13.1 Å². The fourth-order valence-electron chi connectivity index (χ4n) is 2.42. The number of ether oxygens (including phenoxy) is 1. The lowest BCUT2D eigenvalue weighted by Crippen LogP contribution is -2.42. The highest BCUT2D eigenvalue weighted by Crippen LogP contribution is 2.16. The van der Waals surface area contributed by atoms with Crippen LogP contribution in [0.3, 0.4) is 0 Å². The number of aliphatic hydroxyl groups excluding tert-OH is 1. The maximum Gasteiger partial charge on any atom is 0.191 e. The molecule has 0 fully saturated rings. The zero-order valence-corrected chi connectivity index (χ0v) is 18.2. The number of benzene rings is 2. The van der Waals surface area contributed by atoms with Crippen LogP contribution in [-0.4, -0.2) is 36.8 Å². The van der Waals surface area contributed by atoms with Gasteiger partial charge in [0, 0.05) is 18.2 Å². The molecule has 2 atom stereocenters. The van der Waals surface area contributed by atoms with Crippen LogP contribution in [0.2, 0.25) is 0 Å². The van der Waals surface area contributed by atoms with E-state index in [-0.39, 0.29) is 48.0 Å². The number of aliphatic imine (C=N–C) groups is 1. The van der Waals surface area contributed by atoms with Crippen LogP contribution in [0.15, 0.2) is 53.5 Å². The van der Waals surface area contributed by atoms with E-state index in [0.717, 1.165) is 0 Å². The second-order valence-electron chi connectivity index (χ2n) is 6.02. The predicted molar refractivity (Wildman–Crippen MR) is 117 cm³/mol. The zero-order chi connectivity index (χ0) is 19.6. The van der Waals surface area contributed by atoms with Crippen molar-refractivity contribution in [1.29, 1.82) is 0 Å². The topological polar surface area (TPSA) is 65.9 Å². The van der Waals surface area contributed by atoms with Crippen LogP contribution in [0.4, 0.5) is 8.78 Å². The van der Waals surface area contributed by atoms with E-state index in [4.69, 9.17) is 4.74 Å². The molecule has 0 heterocycles. The Kier molecular flexibility index (Phi) is 10.8. The molecule has 0 saturated heterocycles. The fourth-order valence-corrected chi connectivity index (χ4v) is 2.42. The summed E-state index contributed by atoms with van der Waals surface area (Å²) in [5, 5.41) is 16.3. The molecule has 0 aliphatic heterocycles. The number of halogens is 3. The molecule has 2 unspecified atom stereocenters. The van der Waals surface area contributed by atoms with Crippen LogP contribution in [0, 0.1) is 11.6 Å². The van der Waals surface area contributed by atoms with Crippen LogP contribution in [-0.2, 0) is 0 Å². The normalized spacial score (nSPS) is 13.2. The molecule has 8 heteroatoms. The summed E-state index contributed by atoms with van der Waals surface area (Å²) in [6, 6.07) is 12.0. The first kappa shape index (κ1) is 24.1. The molecule has 0 aliphatic rings. The van der Waals surface area contributed by atoms with Crippen molar-refractivity contribution >= 4 is 29.9 Å². The molecule has 28 heavy (non-hydrogen) atoms. The Morgan fingerprint density at radius 3 is 2.57 bits per heavy atom. The molecule has 2 aromatic rings. The van der Waals surface area contributed by atoms with Gasteiger partial charge in [-0.2, -0.15) is 0 Å². The highest BCUT2D eigenvalue weighted by molar-refractivity contribution is 14.0. The summed E-state index contributed by atoms with van der Waals surface area (Å²) >= 11 is 0. The zero-order valence-electron chi connectivity index (χ0n) is 15.9. The minimum Gasteiger partial charge on any atom is -0.489 e.